The van der Waals surface area contributed by atoms with Crippen LogP contribution >= 0.6 is 23.4 Å². The molecule has 138 valence electrons. The lowest BCUT2D eigenvalue weighted by molar-refractivity contribution is -0.124. The molecule has 1 aromatic carbocycles. The minimum atomic E-state index is 0.212. The highest BCUT2D eigenvalue weighted by Crippen LogP contribution is 2.38. The van der Waals surface area contributed by atoms with Gasteiger partial charge in [-0.25, -0.2) is 0 Å². The van der Waals surface area contributed by atoms with Gasteiger partial charge in [0, 0.05) is 28.9 Å². The molecular formula is C20H23ClN2O2S. The first-order valence-corrected chi connectivity index (χ1v) is 10.3. The van der Waals surface area contributed by atoms with Gasteiger partial charge in [-0.05, 0) is 68.1 Å². The van der Waals surface area contributed by atoms with Crippen molar-refractivity contribution in [2.75, 3.05) is 13.6 Å². The van der Waals surface area contributed by atoms with Crippen LogP contribution in [0.1, 0.15) is 25.0 Å². The van der Waals surface area contributed by atoms with Crippen molar-refractivity contribution in [1.82, 2.24) is 10.2 Å². The van der Waals surface area contributed by atoms with Crippen LogP contribution in [0, 0.1) is 11.8 Å². The number of benzene rings is 1. The first-order valence-electron chi connectivity index (χ1n) is 9.06. The number of carbonyl (C=O) groups excluding carboxylic acids is 1. The van der Waals surface area contributed by atoms with Crippen molar-refractivity contribution in [2.24, 2.45) is 11.8 Å². The number of nitrogens with one attached hydrogen (secondary N) is 1. The van der Waals surface area contributed by atoms with Crippen molar-refractivity contribution in [3.63, 3.8) is 0 Å². The van der Waals surface area contributed by atoms with Gasteiger partial charge in [-0.2, -0.15) is 0 Å². The quantitative estimate of drug-likeness (QED) is 0.820. The predicted molar refractivity (Wildman–Crippen MR) is 103 cm³/mol. The summed E-state index contributed by atoms with van der Waals surface area (Å²) in [6.07, 6.45) is 2.97. The fraction of sp³-hybridized carbons (Fsp3) is 0.450. The molecule has 3 atom stereocenters. The molecule has 1 aliphatic heterocycles. The summed E-state index contributed by atoms with van der Waals surface area (Å²) in [7, 11) is 2.16. The van der Waals surface area contributed by atoms with E-state index in [1.54, 1.807) is 11.8 Å². The average Bonchev–Trinajstić information content (AvgIpc) is 3.23. The van der Waals surface area contributed by atoms with Crippen LogP contribution in [-0.4, -0.2) is 30.4 Å². The number of amides is 1. The smallest absolute Gasteiger partial charge is 0.220 e. The highest BCUT2D eigenvalue weighted by atomic mass is 35.5. The van der Waals surface area contributed by atoms with Crippen molar-refractivity contribution in [3.8, 4) is 0 Å². The van der Waals surface area contributed by atoms with Crippen molar-refractivity contribution in [1.29, 1.82) is 0 Å². The lowest BCUT2D eigenvalue weighted by Gasteiger charge is -2.24. The summed E-state index contributed by atoms with van der Waals surface area (Å²) in [6.45, 7) is 1.64. The third kappa shape index (κ3) is 4.11. The number of rotatable bonds is 5. The average molecular weight is 391 g/mol. The standard InChI is InChI=1S/C20H23ClN2O2S/c1-23(16-8-13-10-19(24)22-11-14(13)9-16)12-17-4-7-20(25-17)26-18-5-2-15(21)3-6-18/h2-7,13-14,16H,8-12H2,1H3,(H,22,24)/t13-,14+,16-/m1/s1. The van der Waals surface area contributed by atoms with Crippen LogP contribution in [0.3, 0.4) is 0 Å². The Bertz CT molecular complexity index is 776. The molecule has 0 unspecified atom stereocenters. The van der Waals surface area contributed by atoms with Gasteiger partial charge in [-0.3, -0.25) is 9.69 Å². The van der Waals surface area contributed by atoms with E-state index in [1.165, 1.54) is 0 Å². The third-order valence-electron chi connectivity index (χ3n) is 5.52. The van der Waals surface area contributed by atoms with E-state index in [0.29, 0.717) is 24.3 Å². The maximum absolute atomic E-state index is 11.6. The van der Waals surface area contributed by atoms with Crippen LogP contribution < -0.4 is 5.32 Å². The number of fused-ring (bicyclic) bond motifs is 1. The van der Waals surface area contributed by atoms with Gasteiger partial charge in [0.15, 0.2) is 5.09 Å². The molecule has 1 aromatic heterocycles. The fourth-order valence-corrected chi connectivity index (χ4v) is 5.00. The Morgan fingerprint density at radius 1 is 1.19 bits per heavy atom. The summed E-state index contributed by atoms with van der Waals surface area (Å²) in [6, 6.07) is 12.4. The molecule has 0 bridgehead atoms. The van der Waals surface area contributed by atoms with Crippen molar-refractivity contribution < 1.29 is 9.21 Å². The fourth-order valence-electron chi connectivity index (χ4n) is 4.09. The SMILES string of the molecule is CN(Cc1ccc(Sc2ccc(Cl)cc2)o1)[C@H]1C[C@H]2CNC(=O)C[C@H]2C1. The van der Waals surface area contributed by atoms with Gasteiger partial charge in [-0.1, -0.05) is 23.4 Å². The molecule has 4 nitrogen and oxygen atoms in total. The third-order valence-corrected chi connectivity index (χ3v) is 6.70. The van der Waals surface area contributed by atoms with Gasteiger partial charge < -0.3 is 9.73 Å². The summed E-state index contributed by atoms with van der Waals surface area (Å²) in [5.74, 6) is 2.37. The topological polar surface area (TPSA) is 45.5 Å². The zero-order valence-electron chi connectivity index (χ0n) is 14.8. The molecule has 1 amide bonds. The van der Waals surface area contributed by atoms with E-state index in [0.717, 1.165) is 46.7 Å². The van der Waals surface area contributed by atoms with Crippen LogP contribution in [0.2, 0.25) is 5.02 Å². The highest BCUT2D eigenvalue weighted by Gasteiger charge is 2.39. The van der Waals surface area contributed by atoms with Gasteiger partial charge in [0.05, 0.1) is 6.54 Å². The Labute approximate surface area is 163 Å². The molecular weight excluding hydrogens is 368 g/mol. The van der Waals surface area contributed by atoms with Gasteiger partial charge in [0.1, 0.15) is 5.76 Å². The molecule has 0 radical (unpaired) electrons. The Balaban J connectivity index is 1.33. The summed E-state index contributed by atoms with van der Waals surface area (Å²) in [4.78, 5) is 15.1. The van der Waals surface area contributed by atoms with E-state index >= 15 is 0 Å². The lowest BCUT2D eigenvalue weighted by Crippen LogP contribution is -2.38. The summed E-state index contributed by atoms with van der Waals surface area (Å²) in [5.41, 5.74) is 0. The second-order valence-electron chi connectivity index (χ2n) is 7.35. The monoisotopic (exact) mass is 390 g/mol. The van der Waals surface area contributed by atoms with Crippen molar-refractivity contribution in [3.05, 3.63) is 47.2 Å². The van der Waals surface area contributed by atoms with E-state index in [-0.39, 0.29) is 5.91 Å². The molecule has 1 N–H and O–H groups in total. The number of hydrogen-bond acceptors (Lipinski definition) is 4. The molecule has 26 heavy (non-hydrogen) atoms. The number of hydrogen-bond donors (Lipinski definition) is 1. The molecule has 6 heteroatoms. The van der Waals surface area contributed by atoms with E-state index in [2.05, 4.69) is 23.3 Å². The van der Waals surface area contributed by atoms with Gasteiger partial charge >= 0.3 is 0 Å². The maximum atomic E-state index is 11.6. The first kappa shape index (κ1) is 18.0. The van der Waals surface area contributed by atoms with E-state index in [1.807, 2.05) is 30.3 Å². The predicted octanol–water partition coefficient (Wildman–Crippen LogP) is 4.43. The number of nitrogens with zero attached hydrogens (tertiary/aromatic N) is 1. The minimum Gasteiger partial charge on any atom is -0.453 e. The molecule has 2 heterocycles. The summed E-state index contributed by atoms with van der Waals surface area (Å²) in [5, 5.41) is 4.64. The van der Waals surface area contributed by atoms with Crippen molar-refractivity contribution >= 4 is 29.3 Å². The second-order valence-corrected chi connectivity index (χ2v) is 8.86. The highest BCUT2D eigenvalue weighted by molar-refractivity contribution is 7.99. The largest absolute Gasteiger partial charge is 0.453 e. The van der Waals surface area contributed by atoms with Crippen molar-refractivity contribution in [2.45, 2.75) is 41.8 Å². The molecule has 2 aliphatic rings. The molecule has 1 aliphatic carbocycles. The second kappa shape index (κ2) is 7.67. The minimum absolute atomic E-state index is 0.212. The molecule has 2 fully saturated rings. The molecule has 4 rings (SSSR count). The zero-order valence-corrected chi connectivity index (χ0v) is 16.4. The van der Waals surface area contributed by atoms with Gasteiger partial charge in [0.2, 0.25) is 5.91 Å². The van der Waals surface area contributed by atoms with Crippen LogP contribution in [0.4, 0.5) is 0 Å². The number of halogens is 1. The van der Waals surface area contributed by atoms with Crippen LogP contribution in [0.25, 0.3) is 0 Å². The Hall–Kier alpha value is -1.43. The number of piperidine rings is 1. The van der Waals surface area contributed by atoms with Crippen LogP contribution in [-0.2, 0) is 11.3 Å². The summed E-state index contributed by atoms with van der Waals surface area (Å²) >= 11 is 7.53. The van der Waals surface area contributed by atoms with Crippen LogP contribution in [0.5, 0.6) is 0 Å². The van der Waals surface area contributed by atoms with Gasteiger partial charge in [-0.15, -0.1) is 0 Å². The Morgan fingerprint density at radius 2 is 1.96 bits per heavy atom. The first-order chi connectivity index (χ1) is 12.6. The van der Waals surface area contributed by atoms with Gasteiger partial charge in [0.25, 0.3) is 0 Å². The summed E-state index contributed by atoms with van der Waals surface area (Å²) < 4.78 is 6.01. The molecule has 0 spiro atoms. The lowest BCUT2D eigenvalue weighted by atomic mass is 9.89. The van der Waals surface area contributed by atoms with Crippen LogP contribution in [0.15, 0.2) is 50.8 Å². The van der Waals surface area contributed by atoms with E-state index < -0.39 is 0 Å². The van der Waals surface area contributed by atoms with E-state index in [4.69, 9.17) is 16.0 Å². The maximum Gasteiger partial charge on any atom is 0.220 e. The zero-order chi connectivity index (χ0) is 18.1. The molecule has 2 aromatic rings. The number of furan rings is 1. The number of carbonyl (C=O) groups is 1. The normalized spacial score (nSPS) is 25.3. The Morgan fingerprint density at radius 3 is 2.77 bits per heavy atom. The Kier molecular flexibility index (Phi) is 5.30. The molecule has 1 saturated heterocycles. The molecule has 1 saturated carbocycles. The van der Waals surface area contributed by atoms with E-state index in [9.17, 15) is 4.79 Å².